The minimum atomic E-state index is -0.580. The molecule has 0 aliphatic heterocycles. The van der Waals surface area contributed by atoms with Crippen molar-refractivity contribution in [3.05, 3.63) is 49.3 Å². The molecule has 0 N–H and O–H groups in total. The fourth-order valence-electron chi connectivity index (χ4n) is 1.22. The Hall–Kier alpha value is -1.44. The minimum Gasteiger partial charge on any atom is -0.438 e. The molecular weight excluding hydrogens is 361 g/mol. The third-order valence-electron chi connectivity index (χ3n) is 2.05. The van der Waals surface area contributed by atoms with Crippen molar-refractivity contribution in [3.8, 4) is 11.6 Å². The van der Waals surface area contributed by atoms with Crippen LogP contribution >= 0.6 is 39.1 Å². The highest BCUT2D eigenvalue weighted by atomic mass is 79.9. The summed E-state index contributed by atoms with van der Waals surface area (Å²) in [6.07, 6.45) is 1.23. The van der Waals surface area contributed by atoms with Crippen LogP contribution in [0, 0.1) is 10.1 Å². The van der Waals surface area contributed by atoms with Crippen LogP contribution < -0.4 is 4.74 Å². The number of nitro benzene ring substituents is 1. The van der Waals surface area contributed by atoms with E-state index in [-0.39, 0.29) is 21.7 Å². The molecule has 0 amide bonds. The highest BCUT2D eigenvalue weighted by molar-refractivity contribution is 9.10. The Balaban J connectivity index is 2.32. The van der Waals surface area contributed by atoms with Crippen molar-refractivity contribution in [2.24, 2.45) is 0 Å². The Morgan fingerprint density at radius 1 is 1.32 bits per heavy atom. The number of nitro groups is 1. The predicted molar refractivity (Wildman–Crippen MR) is 72.9 cm³/mol. The summed E-state index contributed by atoms with van der Waals surface area (Å²) in [5, 5.41) is 10.8. The van der Waals surface area contributed by atoms with Gasteiger partial charge >= 0.3 is 0 Å². The number of halogens is 3. The van der Waals surface area contributed by atoms with Crippen LogP contribution in [0.15, 0.2) is 29.0 Å². The van der Waals surface area contributed by atoms with E-state index in [2.05, 4.69) is 25.9 Å². The largest absolute Gasteiger partial charge is 0.438 e. The lowest BCUT2D eigenvalue weighted by molar-refractivity contribution is -0.384. The van der Waals surface area contributed by atoms with Crippen LogP contribution in [0.25, 0.3) is 0 Å². The number of hydrogen-bond acceptors (Lipinski definition) is 5. The Bertz CT molecular complexity index is 654. The summed E-state index contributed by atoms with van der Waals surface area (Å²) in [5.41, 5.74) is -0.200. The van der Waals surface area contributed by atoms with Crippen LogP contribution in [0.4, 0.5) is 5.69 Å². The molecule has 0 atom stereocenters. The summed E-state index contributed by atoms with van der Waals surface area (Å²) < 4.78 is 5.80. The molecule has 0 bridgehead atoms. The molecule has 0 aliphatic rings. The van der Waals surface area contributed by atoms with Gasteiger partial charge in [0.25, 0.3) is 5.69 Å². The molecule has 1 heterocycles. The van der Waals surface area contributed by atoms with Crippen LogP contribution in [0.3, 0.4) is 0 Å². The molecule has 2 aromatic rings. The summed E-state index contributed by atoms with van der Waals surface area (Å²) in [6.45, 7) is 0. The molecule has 9 heteroatoms. The molecule has 1 aromatic carbocycles. The van der Waals surface area contributed by atoms with E-state index < -0.39 is 4.92 Å². The summed E-state index contributed by atoms with van der Waals surface area (Å²) in [5.74, 6) is 0.482. The summed E-state index contributed by atoms with van der Waals surface area (Å²) in [6, 6.07) is 3.98. The van der Waals surface area contributed by atoms with E-state index in [0.717, 1.165) is 0 Å². The van der Waals surface area contributed by atoms with Gasteiger partial charge in [-0.05, 0) is 22.0 Å². The smallest absolute Gasteiger partial charge is 0.288 e. The topological polar surface area (TPSA) is 78.2 Å². The van der Waals surface area contributed by atoms with Gasteiger partial charge in [0.05, 0.1) is 4.92 Å². The van der Waals surface area contributed by atoms with Crippen molar-refractivity contribution in [2.75, 3.05) is 0 Å². The lowest BCUT2D eigenvalue weighted by atomic mass is 10.3. The normalized spacial score (nSPS) is 10.3. The molecule has 0 unspecified atom stereocenters. The van der Waals surface area contributed by atoms with Crippen LogP contribution in [0.5, 0.6) is 11.6 Å². The second kappa shape index (κ2) is 5.68. The van der Waals surface area contributed by atoms with Crippen LogP contribution in [0.2, 0.25) is 10.2 Å². The fourth-order valence-corrected chi connectivity index (χ4v) is 1.87. The van der Waals surface area contributed by atoms with Crippen molar-refractivity contribution in [1.29, 1.82) is 0 Å². The SMILES string of the molecule is O=[N+]([O-])c1ccc(Oc2ncnc(Cl)c2Br)cc1Cl. The van der Waals surface area contributed by atoms with E-state index >= 15 is 0 Å². The average molecular weight is 365 g/mol. The van der Waals surface area contributed by atoms with E-state index in [1.54, 1.807) is 0 Å². The number of rotatable bonds is 3. The Morgan fingerprint density at radius 2 is 2.05 bits per heavy atom. The number of aromatic nitrogens is 2. The molecular formula is C10H4BrCl2N3O3. The molecule has 19 heavy (non-hydrogen) atoms. The number of nitrogens with zero attached hydrogens (tertiary/aromatic N) is 3. The van der Waals surface area contributed by atoms with Crippen LogP contribution in [-0.4, -0.2) is 14.9 Å². The van der Waals surface area contributed by atoms with Crippen LogP contribution in [-0.2, 0) is 0 Å². The number of hydrogen-bond donors (Lipinski definition) is 0. The first-order valence-corrected chi connectivity index (χ1v) is 6.31. The van der Waals surface area contributed by atoms with E-state index in [1.807, 2.05) is 0 Å². The van der Waals surface area contributed by atoms with Gasteiger partial charge < -0.3 is 4.74 Å². The predicted octanol–water partition coefficient (Wildman–Crippen LogP) is 4.25. The average Bonchev–Trinajstić information content (AvgIpc) is 2.34. The lowest BCUT2D eigenvalue weighted by Crippen LogP contribution is -1.93. The van der Waals surface area contributed by atoms with Gasteiger partial charge in [-0.2, -0.15) is 0 Å². The molecule has 0 saturated carbocycles. The molecule has 98 valence electrons. The minimum absolute atomic E-state index is 0.0289. The molecule has 6 nitrogen and oxygen atoms in total. The highest BCUT2D eigenvalue weighted by Gasteiger charge is 2.14. The van der Waals surface area contributed by atoms with Gasteiger partial charge in [0, 0.05) is 12.1 Å². The first kappa shape index (κ1) is 14.0. The van der Waals surface area contributed by atoms with Crippen molar-refractivity contribution in [1.82, 2.24) is 9.97 Å². The fraction of sp³-hybridized carbons (Fsp3) is 0. The van der Waals surface area contributed by atoms with Gasteiger partial charge in [0.2, 0.25) is 5.88 Å². The Kier molecular flexibility index (Phi) is 4.18. The first-order valence-electron chi connectivity index (χ1n) is 4.77. The van der Waals surface area contributed by atoms with Gasteiger partial charge in [0.15, 0.2) is 5.15 Å². The molecule has 0 spiro atoms. The molecule has 0 fully saturated rings. The third-order valence-corrected chi connectivity index (χ3v) is 3.58. The summed E-state index contributed by atoms with van der Waals surface area (Å²) >= 11 is 14.7. The third kappa shape index (κ3) is 3.12. The molecule has 2 rings (SSSR count). The zero-order chi connectivity index (χ0) is 14.0. The zero-order valence-electron chi connectivity index (χ0n) is 9.01. The standard InChI is InChI=1S/C10H4BrCl2N3O3/c11-8-9(13)14-4-15-10(8)19-5-1-2-7(16(17)18)6(12)3-5/h1-4H. The second-order valence-corrected chi connectivity index (χ2v) is 4.81. The molecule has 0 saturated heterocycles. The maximum absolute atomic E-state index is 10.6. The van der Waals surface area contributed by atoms with Gasteiger partial charge in [-0.1, -0.05) is 23.2 Å². The van der Waals surface area contributed by atoms with Crippen LogP contribution in [0.1, 0.15) is 0 Å². The Labute approximate surface area is 125 Å². The van der Waals surface area contributed by atoms with Gasteiger partial charge in [-0.3, -0.25) is 10.1 Å². The quantitative estimate of drug-likeness (QED) is 0.462. The second-order valence-electron chi connectivity index (χ2n) is 3.26. The van der Waals surface area contributed by atoms with Gasteiger partial charge in [-0.25, -0.2) is 9.97 Å². The van der Waals surface area contributed by atoms with Crippen molar-refractivity contribution in [3.63, 3.8) is 0 Å². The monoisotopic (exact) mass is 363 g/mol. The van der Waals surface area contributed by atoms with Gasteiger partial charge in [-0.15, -0.1) is 0 Å². The van der Waals surface area contributed by atoms with E-state index in [9.17, 15) is 10.1 Å². The van der Waals surface area contributed by atoms with E-state index in [1.165, 1.54) is 24.5 Å². The zero-order valence-corrected chi connectivity index (χ0v) is 12.1. The highest BCUT2D eigenvalue weighted by Crippen LogP contribution is 2.34. The number of benzene rings is 1. The lowest BCUT2D eigenvalue weighted by Gasteiger charge is -2.07. The van der Waals surface area contributed by atoms with E-state index in [4.69, 9.17) is 27.9 Å². The molecule has 0 aliphatic carbocycles. The number of ether oxygens (including phenoxy) is 1. The summed E-state index contributed by atoms with van der Waals surface area (Å²) in [4.78, 5) is 17.7. The summed E-state index contributed by atoms with van der Waals surface area (Å²) in [7, 11) is 0. The maximum atomic E-state index is 10.6. The van der Waals surface area contributed by atoms with Crippen molar-refractivity contribution >= 4 is 44.8 Å². The molecule has 0 radical (unpaired) electrons. The maximum Gasteiger partial charge on any atom is 0.288 e. The van der Waals surface area contributed by atoms with Gasteiger partial charge in [0.1, 0.15) is 21.6 Å². The Morgan fingerprint density at radius 3 is 2.68 bits per heavy atom. The van der Waals surface area contributed by atoms with E-state index in [0.29, 0.717) is 10.2 Å². The van der Waals surface area contributed by atoms with Crippen molar-refractivity contribution in [2.45, 2.75) is 0 Å². The molecule has 1 aromatic heterocycles. The first-order chi connectivity index (χ1) is 8.99. The van der Waals surface area contributed by atoms with Crippen molar-refractivity contribution < 1.29 is 9.66 Å².